The lowest BCUT2D eigenvalue weighted by Gasteiger charge is -2.21. The molecule has 1 amide bonds. The van der Waals surface area contributed by atoms with E-state index in [1.807, 2.05) is 6.08 Å². The second-order valence-electron chi connectivity index (χ2n) is 18.8. The number of hydrogen-bond acceptors (Lipinski definition) is 4. The number of carbonyl (C=O) groups excluding carboxylic acids is 1. The summed E-state index contributed by atoms with van der Waals surface area (Å²) >= 11 is 0. The van der Waals surface area contributed by atoms with Crippen LogP contribution in [0.4, 0.5) is 0 Å². The van der Waals surface area contributed by atoms with Gasteiger partial charge < -0.3 is 20.6 Å². The van der Waals surface area contributed by atoms with E-state index < -0.39 is 18.2 Å². The number of unbranched alkanes of at least 4 members (excludes halogenated alkanes) is 33. The molecule has 0 bridgehead atoms. The van der Waals surface area contributed by atoms with Crippen molar-refractivity contribution in [1.29, 1.82) is 0 Å². The van der Waals surface area contributed by atoms with Crippen molar-refractivity contribution in [3.8, 4) is 0 Å². The van der Waals surface area contributed by atoms with Gasteiger partial charge in [0.05, 0.1) is 31.3 Å². The van der Waals surface area contributed by atoms with Crippen molar-refractivity contribution in [3.05, 3.63) is 60.8 Å². The van der Waals surface area contributed by atoms with Crippen LogP contribution < -0.4 is 5.32 Å². The maximum Gasteiger partial charge on any atom is 0.222 e. The van der Waals surface area contributed by atoms with Gasteiger partial charge in [-0.2, -0.15) is 0 Å². The minimum Gasteiger partial charge on any atom is -0.394 e. The monoisotopic (exact) mass is 882 g/mol. The number of carbonyl (C=O) groups is 1. The topological polar surface area (TPSA) is 89.8 Å². The molecule has 5 nitrogen and oxygen atoms in total. The van der Waals surface area contributed by atoms with Crippen LogP contribution in [-0.4, -0.2) is 46.1 Å². The molecule has 0 aliphatic heterocycles. The van der Waals surface area contributed by atoms with Crippen molar-refractivity contribution >= 4 is 5.91 Å². The fourth-order valence-electron chi connectivity index (χ4n) is 8.29. The molecule has 0 rings (SSSR count). The van der Waals surface area contributed by atoms with E-state index in [4.69, 9.17) is 0 Å². The number of aliphatic hydroxyl groups is 3. The molecular formula is C58H107NO4. The first kappa shape index (κ1) is 61.0. The number of hydrogen-bond donors (Lipinski definition) is 4. The van der Waals surface area contributed by atoms with Gasteiger partial charge in [-0.15, -0.1) is 0 Å². The minimum atomic E-state index is -0.966. The van der Waals surface area contributed by atoms with Gasteiger partial charge in [-0.1, -0.05) is 254 Å². The lowest BCUT2D eigenvalue weighted by Crippen LogP contribution is -2.45. The highest BCUT2D eigenvalue weighted by molar-refractivity contribution is 5.76. The predicted octanol–water partition coefficient (Wildman–Crippen LogP) is 17.0. The maximum atomic E-state index is 12.5. The average molecular weight is 882 g/mol. The second-order valence-corrected chi connectivity index (χ2v) is 18.8. The maximum absolute atomic E-state index is 12.5. The summed E-state index contributed by atoms with van der Waals surface area (Å²) in [5.41, 5.74) is 0. The van der Waals surface area contributed by atoms with Crippen molar-refractivity contribution in [1.82, 2.24) is 5.32 Å². The predicted molar refractivity (Wildman–Crippen MR) is 277 cm³/mol. The Bertz CT molecular complexity index is 1060. The molecule has 0 heterocycles. The summed E-state index contributed by atoms with van der Waals surface area (Å²) in [5, 5.41) is 33.4. The van der Waals surface area contributed by atoms with Gasteiger partial charge in [0.25, 0.3) is 0 Å². The molecule has 3 unspecified atom stereocenters. The molecule has 5 heteroatoms. The molecule has 368 valence electrons. The van der Waals surface area contributed by atoms with Gasteiger partial charge in [0.2, 0.25) is 5.91 Å². The highest BCUT2D eigenvalue weighted by Crippen LogP contribution is 2.16. The van der Waals surface area contributed by atoms with Gasteiger partial charge in [-0.25, -0.2) is 0 Å². The Morgan fingerprint density at radius 2 is 0.730 bits per heavy atom. The SMILES string of the molecule is CCCCCCCCCCC/C=C\C/C=C\CCCCCCCCCC(O)CC(=O)NC(CO)C(O)/C=C/CC/C=C/CC/C=C/CCCCCCCCCCCCCCCCC. The van der Waals surface area contributed by atoms with Gasteiger partial charge in [0.1, 0.15) is 0 Å². The van der Waals surface area contributed by atoms with Crippen LogP contribution in [0.3, 0.4) is 0 Å². The molecule has 0 aromatic heterocycles. The van der Waals surface area contributed by atoms with E-state index in [-0.39, 0.29) is 18.9 Å². The van der Waals surface area contributed by atoms with Crippen LogP contribution in [0, 0.1) is 0 Å². The van der Waals surface area contributed by atoms with Crippen molar-refractivity contribution in [2.75, 3.05) is 6.61 Å². The molecule has 0 aromatic carbocycles. The molecule has 0 aliphatic rings. The lowest BCUT2D eigenvalue weighted by molar-refractivity contribution is -0.124. The molecule has 3 atom stereocenters. The van der Waals surface area contributed by atoms with Gasteiger partial charge >= 0.3 is 0 Å². The van der Waals surface area contributed by atoms with E-state index >= 15 is 0 Å². The Morgan fingerprint density at radius 1 is 0.413 bits per heavy atom. The van der Waals surface area contributed by atoms with Crippen LogP contribution in [0.1, 0.15) is 277 Å². The zero-order valence-corrected chi connectivity index (χ0v) is 42.0. The van der Waals surface area contributed by atoms with Crippen molar-refractivity contribution in [2.45, 2.75) is 295 Å². The molecule has 4 N–H and O–H groups in total. The Hall–Kier alpha value is -1.95. The van der Waals surface area contributed by atoms with E-state index in [0.717, 1.165) is 51.4 Å². The second kappa shape index (κ2) is 52.7. The van der Waals surface area contributed by atoms with Crippen LogP contribution in [0.25, 0.3) is 0 Å². The van der Waals surface area contributed by atoms with E-state index in [1.165, 1.54) is 199 Å². The average Bonchev–Trinajstić information content (AvgIpc) is 3.28. The first-order valence-corrected chi connectivity index (χ1v) is 27.6. The largest absolute Gasteiger partial charge is 0.394 e. The van der Waals surface area contributed by atoms with Crippen LogP contribution >= 0.6 is 0 Å². The van der Waals surface area contributed by atoms with E-state index in [1.54, 1.807) is 6.08 Å². The first-order chi connectivity index (χ1) is 31.0. The third kappa shape index (κ3) is 49.3. The van der Waals surface area contributed by atoms with Gasteiger partial charge in [0.15, 0.2) is 0 Å². The first-order valence-electron chi connectivity index (χ1n) is 27.6. The normalized spacial score (nSPS) is 13.8. The Morgan fingerprint density at radius 3 is 1.11 bits per heavy atom. The summed E-state index contributed by atoms with van der Waals surface area (Å²) in [6.07, 6.45) is 71.2. The van der Waals surface area contributed by atoms with Crippen molar-refractivity contribution < 1.29 is 20.1 Å². The zero-order valence-electron chi connectivity index (χ0n) is 42.0. The molecule has 63 heavy (non-hydrogen) atoms. The highest BCUT2D eigenvalue weighted by atomic mass is 16.3. The fourth-order valence-corrected chi connectivity index (χ4v) is 8.29. The molecule has 0 fully saturated rings. The number of nitrogens with one attached hydrogen (secondary N) is 1. The van der Waals surface area contributed by atoms with Crippen molar-refractivity contribution in [2.24, 2.45) is 0 Å². The van der Waals surface area contributed by atoms with Crippen molar-refractivity contribution in [3.63, 3.8) is 0 Å². The molecular weight excluding hydrogens is 775 g/mol. The molecule has 0 saturated carbocycles. The van der Waals surface area contributed by atoms with Crippen LogP contribution in [0.15, 0.2) is 60.8 Å². The van der Waals surface area contributed by atoms with Crippen LogP contribution in [0.5, 0.6) is 0 Å². The molecule has 0 aliphatic carbocycles. The molecule has 0 saturated heterocycles. The number of allylic oxidation sites excluding steroid dienone is 9. The molecule has 0 spiro atoms. The summed E-state index contributed by atoms with van der Waals surface area (Å²) in [7, 11) is 0. The van der Waals surface area contributed by atoms with Gasteiger partial charge in [-0.3, -0.25) is 4.79 Å². The Kier molecular flexibility index (Phi) is 51.0. The van der Waals surface area contributed by atoms with E-state index in [9.17, 15) is 20.1 Å². The van der Waals surface area contributed by atoms with Crippen LogP contribution in [-0.2, 0) is 4.79 Å². The summed E-state index contributed by atoms with van der Waals surface area (Å²) < 4.78 is 0. The molecule has 0 radical (unpaired) electrons. The third-order valence-corrected chi connectivity index (χ3v) is 12.5. The third-order valence-electron chi connectivity index (χ3n) is 12.5. The Balaban J connectivity index is 3.68. The smallest absolute Gasteiger partial charge is 0.222 e. The number of rotatable bonds is 50. The minimum absolute atomic E-state index is 0.00492. The van der Waals surface area contributed by atoms with Gasteiger partial charge in [-0.05, 0) is 77.0 Å². The Labute approximate surface area is 392 Å². The van der Waals surface area contributed by atoms with E-state index in [0.29, 0.717) is 6.42 Å². The zero-order chi connectivity index (χ0) is 45.8. The summed E-state index contributed by atoms with van der Waals surface area (Å²) in [5.74, 6) is -0.333. The molecule has 0 aromatic rings. The number of aliphatic hydroxyl groups excluding tert-OH is 3. The fraction of sp³-hybridized carbons (Fsp3) is 0.810. The van der Waals surface area contributed by atoms with Gasteiger partial charge in [0, 0.05) is 0 Å². The number of amides is 1. The highest BCUT2D eigenvalue weighted by Gasteiger charge is 2.20. The van der Waals surface area contributed by atoms with E-state index in [2.05, 4.69) is 67.8 Å². The lowest BCUT2D eigenvalue weighted by atomic mass is 10.0. The summed E-state index contributed by atoms with van der Waals surface area (Å²) in [4.78, 5) is 12.5. The quantitative estimate of drug-likeness (QED) is 0.0362. The van der Waals surface area contributed by atoms with Crippen LogP contribution in [0.2, 0.25) is 0 Å². The summed E-state index contributed by atoms with van der Waals surface area (Å²) in [6.45, 7) is 4.22. The summed E-state index contributed by atoms with van der Waals surface area (Å²) in [6, 6.07) is -0.774. The standard InChI is InChI=1S/C58H107NO4/c1-3-5-7-9-11-13-15-17-19-21-23-25-27-28-30-32-34-36-38-40-42-44-46-48-50-52-57(62)56(54-60)59-58(63)53-55(61)51-49-47-45-43-41-39-37-35-33-31-29-26-24-22-20-18-16-14-12-10-8-6-4-2/h24,26,31,33-34,36,42,44,50,52,55-57,60-62H,3-23,25,27-30,32,35,37-41,43,45-49,51,53-54H2,1-2H3,(H,59,63)/b26-24-,33-31-,36-34+,44-42+,52-50+.